The second-order valence-corrected chi connectivity index (χ2v) is 27.0. The van der Waals surface area contributed by atoms with Gasteiger partial charge < -0.3 is 23.4 Å². The molecule has 4 heterocycles. The molecule has 2 aromatic heterocycles. The molecule has 6 heteroatoms. The van der Waals surface area contributed by atoms with Crippen molar-refractivity contribution in [1.82, 2.24) is 0 Å². The number of fused-ring (bicyclic) bond motifs is 12. The fourth-order valence-corrected chi connectivity index (χ4v) is 13.0. The first-order valence-electron chi connectivity index (χ1n) is 29.2. The molecule has 0 atom stereocenters. The van der Waals surface area contributed by atoms with Gasteiger partial charge in [-0.05, 0) is 151 Å². The van der Waals surface area contributed by atoms with Crippen molar-refractivity contribution in [3.8, 4) is 22.3 Å². The van der Waals surface area contributed by atoms with Gasteiger partial charge >= 0.3 is 6.85 Å². The highest BCUT2D eigenvalue weighted by Gasteiger charge is 2.48. The third-order valence-corrected chi connectivity index (χ3v) is 17.5. The molecule has 0 saturated carbocycles. The summed E-state index contributed by atoms with van der Waals surface area (Å²) in [6, 6.07) is 77.2. The van der Waals surface area contributed by atoms with Gasteiger partial charge in [0.05, 0.1) is 11.1 Å². The number of furan rings is 2. The zero-order chi connectivity index (χ0) is 56.8. The average molecular weight is 1070 g/mol. The number of rotatable bonds is 6. The standard InChI is InChI=1S/C76H70BN3O2/c1-73(2,3)48-26-33-52(34-27-48)78(53-35-28-49(29-36-53)74(4,5)6)55-39-41-61-63(45-55)79(62-42-32-51(76(10,11)12)44-59(62)47-20-14-13-15-21-47)64-46-60-56-22-16-18-24-65(56)82-72(60)69-58-40-43-67-68(57-23-17-19-25-66(57)81-67)71(58)80(77(61)70(64)69)54-37-30-50(31-38-54)75(7,8)9/h13-46H,1-12H3. The van der Waals surface area contributed by atoms with E-state index in [0.29, 0.717) is 0 Å². The molecule has 10 aromatic carbocycles. The highest BCUT2D eigenvalue weighted by molar-refractivity contribution is 6.94. The molecule has 0 bridgehead atoms. The molecule has 404 valence electrons. The Morgan fingerprint density at radius 3 is 1.54 bits per heavy atom. The van der Waals surface area contributed by atoms with Gasteiger partial charge in [0.15, 0.2) is 0 Å². The summed E-state index contributed by atoms with van der Waals surface area (Å²) in [5, 5.41) is 4.32. The molecule has 0 spiro atoms. The van der Waals surface area contributed by atoms with Crippen molar-refractivity contribution in [1.29, 1.82) is 0 Å². The average Bonchev–Trinajstić information content (AvgIpc) is 1.43. The van der Waals surface area contributed by atoms with Gasteiger partial charge in [0.1, 0.15) is 22.3 Å². The fourth-order valence-electron chi connectivity index (χ4n) is 13.0. The molecular formula is C76H70BN3O2. The van der Waals surface area contributed by atoms with Gasteiger partial charge in [-0.25, -0.2) is 0 Å². The minimum Gasteiger partial charge on any atom is -0.456 e. The van der Waals surface area contributed by atoms with E-state index in [-0.39, 0.29) is 28.5 Å². The van der Waals surface area contributed by atoms with Gasteiger partial charge in [-0.15, -0.1) is 0 Å². The number of para-hydroxylation sites is 2. The van der Waals surface area contributed by atoms with Crippen molar-refractivity contribution < 1.29 is 8.83 Å². The normalized spacial score (nSPS) is 13.5. The van der Waals surface area contributed by atoms with E-state index in [4.69, 9.17) is 8.83 Å². The Bertz CT molecular complexity index is 4430. The molecule has 2 aliphatic rings. The molecule has 5 nitrogen and oxygen atoms in total. The van der Waals surface area contributed by atoms with Crippen molar-refractivity contribution >= 4 is 107 Å². The summed E-state index contributed by atoms with van der Waals surface area (Å²) in [6.07, 6.45) is 0. The van der Waals surface area contributed by atoms with Crippen LogP contribution in [0.25, 0.3) is 66.1 Å². The van der Waals surface area contributed by atoms with Crippen molar-refractivity contribution in [2.45, 2.75) is 105 Å². The molecule has 12 aromatic rings. The summed E-state index contributed by atoms with van der Waals surface area (Å²) in [5.74, 6) is 0. The zero-order valence-corrected chi connectivity index (χ0v) is 49.4. The molecule has 14 rings (SSSR count). The SMILES string of the molecule is CC(C)(C)c1ccc(N2B3c4ccc(N(c5ccc(C(C)(C)C)cc5)c5ccc(C(C)(C)C)cc5)cc4N(c4ccc(C(C)(C)C)cc4-c4ccccc4)c4cc5c(oc6ccccc65)c(c43)-c3ccc4oc5ccccc5c4c32)cc1. The number of benzene rings is 10. The molecule has 0 unspecified atom stereocenters. The summed E-state index contributed by atoms with van der Waals surface area (Å²) in [7, 11) is 0. The first-order valence-corrected chi connectivity index (χ1v) is 29.2. The fraction of sp³-hybridized carbons (Fsp3) is 0.211. The molecule has 0 amide bonds. The number of anilines is 8. The summed E-state index contributed by atoms with van der Waals surface area (Å²) < 4.78 is 14.1. The predicted octanol–water partition coefficient (Wildman–Crippen LogP) is 20.5. The van der Waals surface area contributed by atoms with E-state index >= 15 is 0 Å². The highest BCUT2D eigenvalue weighted by atomic mass is 16.3. The Labute approximate surface area is 483 Å². The van der Waals surface area contributed by atoms with Gasteiger partial charge in [0, 0.05) is 72.7 Å². The Hall–Kier alpha value is -8.74. The van der Waals surface area contributed by atoms with Crippen LogP contribution < -0.4 is 25.5 Å². The lowest BCUT2D eigenvalue weighted by molar-refractivity contribution is 0.590. The van der Waals surface area contributed by atoms with E-state index in [0.717, 1.165) is 106 Å². The maximum atomic E-state index is 7.27. The molecule has 0 fully saturated rings. The minimum atomic E-state index is -0.324. The van der Waals surface area contributed by atoms with Crippen LogP contribution in [-0.2, 0) is 21.7 Å². The van der Waals surface area contributed by atoms with Crippen LogP contribution in [0.15, 0.2) is 215 Å². The third-order valence-electron chi connectivity index (χ3n) is 17.5. The monoisotopic (exact) mass is 1070 g/mol. The Kier molecular flexibility index (Phi) is 11.5. The van der Waals surface area contributed by atoms with Crippen LogP contribution in [0.4, 0.5) is 45.5 Å². The summed E-state index contributed by atoms with van der Waals surface area (Å²) >= 11 is 0. The number of nitrogens with zero attached hydrogens (tertiary/aromatic N) is 3. The Morgan fingerprint density at radius 1 is 0.390 bits per heavy atom. The largest absolute Gasteiger partial charge is 0.456 e. The maximum Gasteiger partial charge on any atom is 0.333 e. The molecule has 2 aliphatic heterocycles. The van der Waals surface area contributed by atoms with E-state index in [1.807, 2.05) is 0 Å². The highest BCUT2D eigenvalue weighted by Crippen LogP contribution is 2.55. The lowest BCUT2D eigenvalue weighted by atomic mass is 9.43. The first-order chi connectivity index (χ1) is 39.2. The smallest absolute Gasteiger partial charge is 0.333 e. The molecule has 0 radical (unpaired) electrons. The summed E-state index contributed by atoms with van der Waals surface area (Å²) in [6.45, 7) is 27.2. The van der Waals surface area contributed by atoms with Crippen LogP contribution in [0, 0.1) is 0 Å². The van der Waals surface area contributed by atoms with Crippen molar-refractivity contribution in [3.63, 3.8) is 0 Å². The van der Waals surface area contributed by atoms with E-state index < -0.39 is 0 Å². The third kappa shape index (κ3) is 8.27. The Balaban J connectivity index is 1.14. The number of hydrogen-bond acceptors (Lipinski definition) is 5. The van der Waals surface area contributed by atoms with Crippen molar-refractivity contribution in [2.24, 2.45) is 0 Å². The van der Waals surface area contributed by atoms with Gasteiger partial charge in [-0.3, -0.25) is 0 Å². The maximum absolute atomic E-state index is 7.27. The second-order valence-electron chi connectivity index (χ2n) is 27.0. The zero-order valence-electron chi connectivity index (χ0n) is 49.4. The predicted molar refractivity (Wildman–Crippen MR) is 350 cm³/mol. The van der Waals surface area contributed by atoms with Crippen LogP contribution >= 0.6 is 0 Å². The van der Waals surface area contributed by atoms with Crippen LogP contribution in [0.5, 0.6) is 0 Å². The van der Waals surface area contributed by atoms with E-state index in [2.05, 4.69) is 304 Å². The van der Waals surface area contributed by atoms with Crippen LogP contribution in [0.3, 0.4) is 0 Å². The van der Waals surface area contributed by atoms with Crippen molar-refractivity contribution in [2.75, 3.05) is 14.6 Å². The quantitative estimate of drug-likeness (QED) is 0.155. The topological polar surface area (TPSA) is 36.0 Å². The summed E-state index contributed by atoms with van der Waals surface area (Å²) in [4.78, 5) is 7.69. The molecule has 0 aliphatic carbocycles. The Morgan fingerprint density at radius 2 is 0.927 bits per heavy atom. The lowest BCUT2D eigenvalue weighted by Crippen LogP contribution is -2.61. The summed E-state index contributed by atoms with van der Waals surface area (Å²) in [5.41, 5.74) is 24.1. The molecule has 0 N–H and O–H groups in total. The van der Waals surface area contributed by atoms with Gasteiger partial charge in [-0.1, -0.05) is 198 Å². The van der Waals surface area contributed by atoms with Crippen LogP contribution in [0.2, 0.25) is 0 Å². The number of hydrogen-bond donors (Lipinski definition) is 0. The second kappa shape index (κ2) is 18.4. The van der Waals surface area contributed by atoms with Crippen LogP contribution in [-0.4, -0.2) is 6.85 Å². The van der Waals surface area contributed by atoms with Gasteiger partial charge in [-0.2, -0.15) is 0 Å². The van der Waals surface area contributed by atoms with E-state index in [1.54, 1.807) is 0 Å². The van der Waals surface area contributed by atoms with Gasteiger partial charge in [0.2, 0.25) is 0 Å². The van der Waals surface area contributed by atoms with Crippen molar-refractivity contribution in [3.05, 3.63) is 229 Å². The lowest BCUT2D eigenvalue weighted by Gasteiger charge is -2.46. The molecular weight excluding hydrogens is 998 g/mol. The molecule has 82 heavy (non-hydrogen) atoms. The van der Waals surface area contributed by atoms with E-state index in [9.17, 15) is 0 Å². The molecule has 0 saturated heterocycles. The van der Waals surface area contributed by atoms with E-state index in [1.165, 1.54) is 38.7 Å². The minimum absolute atomic E-state index is 0.00705. The first kappa shape index (κ1) is 51.4. The van der Waals surface area contributed by atoms with Gasteiger partial charge in [0.25, 0.3) is 0 Å². The van der Waals surface area contributed by atoms with Crippen LogP contribution in [0.1, 0.15) is 105 Å².